The largest absolute Gasteiger partial charge is 0.493 e. The van der Waals surface area contributed by atoms with Crippen molar-refractivity contribution in [3.05, 3.63) is 23.8 Å². The zero-order valence-corrected chi connectivity index (χ0v) is 19.3. The van der Waals surface area contributed by atoms with Crippen LogP contribution in [0, 0.1) is 5.41 Å². The van der Waals surface area contributed by atoms with Gasteiger partial charge in [0.1, 0.15) is 0 Å². The van der Waals surface area contributed by atoms with Crippen LogP contribution in [0.15, 0.2) is 23.2 Å². The first-order chi connectivity index (χ1) is 12.7. The average molecular weight is 491 g/mol. The fourth-order valence-electron chi connectivity index (χ4n) is 2.98. The van der Waals surface area contributed by atoms with Gasteiger partial charge in [0.05, 0.1) is 14.2 Å². The second kappa shape index (κ2) is 12.3. The summed E-state index contributed by atoms with van der Waals surface area (Å²) in [5.41, 5.74) is 1.59. The molecule has 1 aliphatic carbocycles. The van der Waals surface area contributed by atoms with Crippen molar-refractivity contribution in [2.45, 2.75) is 32.6 Å². The first-order valence-corrected chi connectivity index (χ1v) is 9.39. The molecule has 1 aromatic rings. The SMILES string of the molecule is CCOCCC1(CNC(=NC)NCCc2ccc(OC)c(OC)c2)CC1.I. The van der Waals surface area contributed by atoms with E-state index in [1.807, 2.05) is 26.1 Å². The van der Waals surface area contributed by atoms with Crippen LogP contribution in [0.2, 0.25) is 0 Å². The van der Waals surface area contributed by atoms with Crippen molar-refractivity contribution in [2.24, 2.45) is 10.4 Å². The van der Waals surface area contributed by atoms with Gasteiger partial charge >= 0.3 is 0 Å². The van der Waals surface area contributed by atoms with Crippen LogP contribution in [-0.2, 0) is 11.2 Å². The number of aliphatic imine (C=N–C) groups is 1. The van der Waals surface area contributed by atoms with E-state index in [1.54, 1.807) is 14.2 Å². The van der Waals surface area contributed by atoms with E-state index in [-0.39, 0.29) is 24.0 Å². The normalized spacial score (nSPS) is 14.9. The molecule has 0 unspecified atom stereocenters. The van der Waals surface area contributed by atoms with E-state index in [9.17, 15) is 0 Å². The Hall–Kier alpha value is -1.22. The lowest BCUT2D eigenvalue weighted by atomic mass is 10.0. The van der Waals surface area contributed by atoms with Crippen molar-refractivity contribution in [2.75, 3.05) is 47.6 Å². The predicted molar refractivity (Wildman–Crippen MR) is 121 cm³/mol. The summed E-state index contributed by atoms with van der Waals surface area (Å²) < 4.78 is 16.1. The van der Waals surface area contributed by atoms with Crippen molar-refractivity contribution >= 4 is 29.9 Å². The first kappa shape index (κ1) is 23.8. The van der Waals surface area contributed by atoms with Gasteiger partial charge in [0.2, 0.25) is 0 Å². The molecule has 1 fully saturated rings. The van der Waals surface area contributed by atoms with Gasteiger partial charge in [-0.1, -0.05) is 6.07 Å². The topological polar surface area (TPSA) is 64.1 Å². The van der Waals surface area contributed by atoms with Gasteiger partial charge in [-0.2, -0.15) is 0 Å². The summed E-state index contributed by atoms with van der Waals surface area (Å²) in [6.07, 6.45) is 4.55. The van der Waals surface area contributed by atoms with E-state index in [2.05, 4.69) is 21.7 Å². The molecule has 0 heterocycles. The number of hydrogen-bond acceptors (Lipinski definition) is 4. The molecule has 0 radical (unpaired) electrons. The Kier molecular flexibility index (Phi) is 10.8. The number of ether oxygens (including phenoxy) is 3. The summed E-state index contributed by atoms with van der Waals surface area (Å²) in [4.78, 5) is 4.33. The van der Waals surface area contributed by atoms with Crippen molar-refractivity contribution in [3.8, 4) is 11.5 Å². The molecule has 6 nitrogen and oxygen atoms in total. The Labute approximate surface area is 180 Å². The van der Waals surface area contributed by atoms with Crippen molar-refractivity contribution < 1.29 is 14.2 Å². The van der Waals surface area contributed by atoms with Gasteiger partial charge in [-0.3, -0.25) is 4.99 Å². The van der Waals surface area contributed by atoms with Crippen LogP contribution in [0.1, 0.15) is 31.7 Å². The van der Waals surface area contributed by atoms with Crippen LogP contribution in [0.5, 0.6) is 11.5 Å². The van der Waals surface area contributed by atoms with Crippen LogP contribution in [0.4, 0.5) is 0 Å². The molecule has 154 valence electrons. The lowest BCUT2D eigenvalue weighted by Gasteiger charge is -2.18. The first-order valence-electron chi connectivity index (χ1n) is 9.39. The predicted octanol–water partition coefficient (Wildman–Crippen LogP) is 3.24. The number of methoxy groups -OCH3 is 2. The van der Waals surface area contributed by atoms with E-state index in [0.29, 0.717) is 5.41 Å². The van der Waals surface area contributed by atoms with Crippen LogP contribution in [-0.4, -0.2) is 53.5 Å². The van der Waals surface area contributed by atoms with Gasteiger partial charge in [0.25, 0.3) is 0 Å². The lowest BCUT2D eigenvalue weighted by Crippen LogP contribution is -2.41. The van der Waals surface area contributed by atoms with E-state index >= 15 is 0 Å². The average Bonchev–Trinajstić information content (AvgIpc) is 3.44. The van der Waals surface area contributed by atoms with Gasteiger partial charge < -0.3 is 24.8 Å². The number of nitrogens with one attached hydrogen (secondary N) is 2. The standard InChI is InChI=1S/C20H33N3O3.HI/c1-5-26-13-11-20(9-10-20)15-23-19(21-2)22-12-8-16-6-7-17(24-3)18(14-16)25-4;/h6-7,14H,5,8-13,15H2,1-4H3,(H2,21,22,23);1H. The summed E-state index contributed by atoms with van der Waals surface area (Å²) >= 11 is 0. The zero-order valence-electron chi connectivity index (χ0n) is 17.0. The van der Waals surface area contributed by atoms with Gasteiger partial charge in [-0.05, 0) is 55.7 Å². The van der Waals surface area contributed by atoms with Crippen molar-refractivity contribution in [1.29, 1.82) is 0 Å². The maximum Gasteiger partial charge on any atom is 0.191 e. The number of rotatable bonds is 11. The van der Waals surface area contributed by atoms with E-state index in [1.165, 1.54) is 18.4 Å². The molecular weight excluding hydrogens is 457 g/mol. The molecule has 2 rings (SSSR count). The summed E-state index contributed by atoms with van der Waals surface area (Å²) in [6, 6.07) is 6.02. The Morgan fingerprint density at radius 3 is 2.48 bits per heavy atom. The van der Waals surface area contributed by atoms with Gasteiger partial charge in [-0.25, -0.2) is 0 Å². The minimum Gasteiger partial charge on any atom is -0.493 e. The Balaban J connectivity index is 0.00000364. The van der Waals surface area contributed by atoms with Crippen LogP contribution >= 0.6 is 24.0 Å². The minimum absolute atomic E-state index is 0. The molecule has 0 bridgehead atoms. The summed E-state index contributed by atoms with van der Waals surface area (Å²) in [7, 11) is 5.12. The molecule has 1 aromatic carbocycles. The Morgan fingerprint density at radius 2 is 1.89 bits per heavy atom. The highest BCUT2D eigenvalue weighted by Gasteiger charge is 2.41. The van der Waals surface area contributed by atoms with Gasteiger partial charge in [0.15, 0.2) is 17.5 Å². The molecule has 0 spiro atoms. The molecule has 7 heteroatoms. The maximum atomic E-state index is 5.50. The maximum absolute atomic E-state index is 5.50. The van der Waals surface area contributed by atoms with Crippen LogP contribution < -0.4 is 20.1 Å². The quantitative estimate of drug-likeness (QED) is 0.216. The monoisotopic (exact) mass is 491 g/mol. The van der Waals surface area contributed by atoms with E-state index in [4.69, 9.17) is 14.2 Å². The summed E-state index contributed by atoms with van der Waals surface area (Å²) in [5, 5.41) is 6.85. The highest BCUT2D eigenvalue weighted by molar-refractivity contribution is 14.0. The van der Waals surface area contributed by atoms with E-state index in [0.717, 1.165) is 56.6 Å². The van der Waals surface area contributed by atoms with Gasteiger partial charge in [-0.15, -0.1) is 24.0 Å². The summed E-state index contributed by atoms with van der Waals surface area (Å²) in [5.74, 6) is 2.37. The third kappa shape index (κ3) is 7.73. The molecule has 27 heavy (non-hydrogen) atoms. The molecule has 0 saturated heterocycles. The fourth-order valence-corrected chi connectivity index (χ4v) is 2.98. The Morgan fingerprint density at radius 1 is 1.15 bits per heavy atom. The minimum atomic E-state index is 0. The summed E-state index contributed by atoms with van der Waals surface area (Å²) in [6.45, 7) is 5.45. The van der Waals surface area contributed by atoms with Crippen molar-refractivity contribution in [1.82, 2.24) is 10.6 Å². The van der Waals surface area contributed by atoms with Crippen molar-refractivity contribution in [3.63, 3.8) is 0 Å². The molecule has 1 aliphatic rings. The molecule has 0 amide bonds. The van der Waals surface area contributed by atoms with E-state index < -0.39 is 0 Å². The van der Waals surface area contributed by atoms with Crippen LogP contribution in [0.3, 0.4) is 0 Å². The number of guanidine groups is 1. The third-order valence-electron chi connectivity index (χ3n) is 4.95. The molecular formula is C20H34IN3O3. The smallest absolute Gasteiger partial charge is 0.191 e. The number of nitrogens with zero attached hydrogens (tertiary/aromatic N) is 1. The Bertz CT molecular complexity index is 592. The highest BCUT2D eigenvalue weighted by atomic mass is 127. The number of hydrogen-bond donors (Lipinski definition) is 2. The second-order valence-electron chi connectivity index (χ2n) is 6.74. The number of halogens is 1. The molecule has 2 N–H and O–H groups in total. The fraction of sp³-hybridized carbons (Fsp3) is 0.650. The second-order valence-corrected chi connectivity index (χ2v) is 6.74. The van der Waals surface area contributed by atoms with Crippen LogP contribution in [0.25, 0.3) is 0 Å². The molecule has 0 atom stereocenters. The molecule has 1 saturated carbocycles. The third-order valence-corrected chi connectivity index (χ3v) is 4.95. The molecule has 0 aliphatic heterocycles. The number of benzene rings is 1. The zero-order chi connectivity index (χ0) is 18.8. The van der Waals surface area contributed by atoms with Gasteiger partial charge in [0, 0.05) is 33.4 Å². The lowest BCUT2D eigenvalue weighted by molar-refractivity contribution is 0.128. The highest BCUT2D eigenvalue weighted by Crippen LogP contribution is 2.48. The molecule has 0 aromatic heterocycles.